The minimum Gasteiger partial charge on any atom is -0.490 e. The van der Waals surface area contributed by atoms with Crippen molar-refractivity contribution < 1.29 is 9.47 Å². The van der Waals surface area contributed by atoms with Gasteiger partial charge in [-0.05, 0) is 35.4 Å². The van der Waals surface area contributed by atoms with Crippen molar-refractivity contribution in [1.29, 1.82) is 0 Å². The second-order valence-corrected chi connectivity index (χ2v) is 8.80. The Morgan fingerprint density at radius 1 is 1.14 bits per heavy atom. The zero-order chi connectivity index (χ0) is 15.6. The van der Waals surface area contributed by atoms with Crippen LogP contribution in [0.15, 0.2) is 16.6 Å². The molecule has 0 aliphatic carbocycles. The lowest BCUT2D eigenvalue weighted by Crippen LogP contribution is -2.18. The van der Waals surface area contributed by atoms with Gasteiger partial charge in [0.2, 0.25) is 0 Å². The van der Waals surface area contributed by atoms with Gasteiger partial charge in [-0.25, -0.2) is 0 Å². The van der Waals surface area contributed by atoms with Crippen LogP contribution >= 0.6 is 31.9 Å². The Labute approximate surface area is 144 Å². The first-order valence-electron chi connectivity index (χ1n) is 7.52. The van der Waals surface area contributed by atoms with E-state index in [1.807, 2.05) is 6.07 Å². The van der Waals surface area contributed by atoms with E-state index in [2.05, 4.69) is 65.6 Å². The molecule has 2 nitrogen and oxygen atoms in total. The largest absolute Gasteiger partial charge is 0.490 e. The van der Waals surface area contributed by atoms with E-state index in [1.54, 1.807) is 0 Å². The summed E-state index contributed by atoms with van der Waals surface area (Å²) in [5.41, 5.74) is 1.54. The van der Waals surface area contributed by atoms with Gasteiger partial charge in [0, 0.05) is 15.7 Å². The molecular weight excluding hydrogens is 396 g/mol. The highest BCUT2D eigenvalue weighted by molar-refractivity contribution is 9.11. The smallest absolute Gasteiger partial charge is 0.162 e. The fourth-order valence-corrected chi connectivity index (χ4v) is 4.08. The van der Waals surface area contributed by atoms with Crippen LogP contribution in [0.25, 0.3) is 0 Å². The molecule has 0 bridgehead atoms. The second kappa shape index (κ2) is 6.91. The lowest BCUT2D eigenvalue weighted by Gasteiger charge is -2.29. The van der Waals surface area contributed by atoms with Gasteiger partial charge in [-0.3, -0.25) is 0 Å². The van der Waals surface area contributed by atoms with Crippen molar-refractivity contribution in [3.05, 3.63) is 22.2 Å². The summed E-state index contributed by atoms with van der Waals surface area (Å²) in [6, 6.07) is 4.14. The number of fused-ring (bicyclic) bond motifs is 1. The molecule has 1 aromatic rings. The van der Waals surface area contributed by atoms with E-state index in [0.717, 1.165) is 42.0 Å². The number of halogens is 2. The molecule has 0 saturated heterocycles. The Hall–Kier alpha value is -0.220. The van der Waals surface area contributed by atoms with Crippen molar-refractivity contribution in [1.82, 2.24) is 0 Å². The molecule has 1 heterocycles. The molecule has 0 radical (unpaired) electrons. The van der Waals surface area contributed by atoms with Crippen LogP contribution in [0.5, 0.6) is 11.5 Å². The number of ether oxygens (including phenoxy) is 2. The van der Waals surface area contributed by atoms with Crippen molar-refractivity contribution >= 4 is 31.9 Å². The molecule has 4 heteroatoms. The third kappa shape index (κ3) is 4.38. The van der Waals surface area contributed by atoms with Gasteiger partial charge in [0.25, 0.3) is 0 Å². The summed E-state index contributed by atoms with van der Waals surface area (Å²) < 4.78 is 12.6. The number of rotatable bonds is 3. The van der Waals surface area contributed by atoms with Gasteiger partial charge < -0.3 is 9.47 Å². The molecule has 2 unspecified atom stereocenters. The molecule has 1 aromatic carbocycles. The molecule has 21 heavy (non-hydrogen) atoms. The molecule has 0 spiro atoms. The van der Waals surface area contributed by atoms with E-state index in [1.165, 1.54) is 5.56 Å². The Morgan fingerprint density at radius 3 is 2.29 bits per heavy atom. The van der Waals surface area contributed by atoms with Crippen LogP contribution in [0.2, 0.25) is 0 Å². The minimum atomic E-state index is 0.304. The molecule has 2 rings (SSSR count). The molecule has 0 amide bonds. The van der Waals surface area contributed by atoms with E-state index in [0.29, 0.717) is 16.2 Å². The molecule has 1 aliphatic heterocycles. The van der Waals surface area contributed by atoms with Crippen LogP contribution in [0.4, 0.5) is 0 Å². The summed E-state index contributed by atoms with van der Waals surface area (Å²) in [5, 5.41) is 0. The molecule has 0 saturated carbocycles. The van der Waals surface area contributed by atoms with Crippen molar-refractivity contribution in [2.24, 2.45) is 11.3 Å². The highest BCUT2D eigenvalue weighted by atomic mass is 79.9. The van der Waals surface area contributed by atoms with E-state index < -0.39 is 0 Å². The zero-order valence-electron chi connectivity index (χ0n) is 13.2. The van der Waals surface area contributed by atoms with E-state index in [9.17, 15) is 0 Å². The third-order valence-corrected chi connectivity index (χ3v) is 5.80. The van der Waals surface area contributed by atoms with Gasteiger partial charge in [-0.1, -0.05) is 59.6 Å². The second-order valence-electron chi connectivity index (χ2n) is 6.84. The summed E-state index contributed by atoms with van der Waals surface area (Å²) in [6.45, 7) is 10.6. The number of benzene rings is 1. The maximum Gasteiger partial charge on any atom is 0.162 e. The molecule has 0 fully saturated rings. The predicted octanol–water partition coefficient (Wildman–Crippen LogP) is 6.12. The van der Waals surface area contributed by atoms with Crippen molar-refractivity contribution in [2.45, 2.75) is 45.4 Å². The van der Waals surface area contributed by atoms with Crippen LogP contribution in [0.1, 0.15) is 50.9 Å². The van der Waals surface area contributed by atoms with Crippen LogP contribution in [0.3, 0.4) is 0 Å². The highest BCUT2D eigenvalue weighted by Crippen LogP contribution is 2.44. The minimum absolute atomic E-state index is 0.304. The average Bonchev–Trinajstić information content (AvgIpc) is 2.61. The highest BCUT2D eigenvalue weighted by Gasteiger charge is 2.25. The third-order valence-electron chi connectivity index (χ3n) is 4.24. The van der Waals surface area contributed by atoms with Crippen LogP contribution in [-0.2, 0) is 0 Å². The van der Waals surface area contributed by atoms with Crippen LogP contribution in [-0.4, -0.2) is 13.2 Å². The topological polar surface area (TPSA) is 18.5 Å². The SMILES string of the molecule is CC(CC(Br)c1cc2c(cc1Br)OCCCO2)C(C)(C)C. The van der Waals surface area contributed by atoms with Crippen LogP contribution in [0, 0.1) is 11.3 Å². The Balaban J connectivity index is 2.21. The molecular formula is C17H24Br2O2. The Bertz CT molecular complexity index is 494. The summed E-state index contributed by atoms with van der Waals surface area (Å²) in [6.07, 6.45) is 2.02. The number of alkyl halides is 1. The quantitative estimate of drug-likeness (QED) is 0.549. The summed E-state index contributed by atoms with van der Waals surface area (Å²) in [4.78, 5) is 0.304. The van der Waals surface area contributed by atoms with Gasteiger partial charge in [0.15, 0.2) is 11.5 Å². The normalized spacial score (nSPS) is 18.0. The maximum atomic E-state index is 5.80. The monoisotopic (exact) mass is 418 g/mol. The van der Waals surface area contributed by atoms with Gasteiger partial charge in [-0.2, -0.15) is 0 Å². The average molecular weight is 420 g/mol. The Morgan fingerprint density at radius 2 is 1.71 bits per heavy atom. The van der Waals surface area contributed by atoms with Gasteiger partial charge in [0.05, 0.1) is 13.2 Å². The molecule has 0 aromatic heterocycles. The lowest BCUT2D eigenvalue weighted by molar-refractivity contribution is 0.246. The van der Waals surface area contributed by atoms with E-state index in [-0.39, 0.29) is 0 Å². The first-order chi connectivity index (χ1) is 9.79. The van der Waals surface area contributed by atoms with Gasteiger partial charge in [0.1, 0.15) is 0 Å². The first-order valence-corrected chi connectivity index (χ1v) is 9.23. The van der Waals surface area contributed by atoms with E-state index >= 15 is 0 Å². The first kappa shape index (κ1) is 17.1. The molecule has 2 atom stereocenters. The number of hydrogen-bond donors (Lipinski definition) is 0. The molecule has 118 valence electrons. The fraction of sp³-hybridized carbons (Fsp3) is 0.647. The molecule has 1 aliphatic rings. The summed E-state index contributed by atoms with van der Waals surface area (Å²) in [7, 11) is 0. The predicted molar refractivity (Wildman–Crippen MR) is 94.7 cm³/mol. The van der Waals surface area contributed by atoms with Gasteiger partial charge in [-0.15, -0.1) is 0 Å². The fourth-order valence-electron chi connectivity index (χ4n) is 2.23. The zero-order valence-corrected chi connectivity index (χ0v) is 16.4. The van der Waals surface area contributed by atoms with Crippen molar-refractivity contribution in [3.63, 3.8) is 0 Å². The number of hydrogen-bond acceptors (Lipinski definition) is 2. The molecule has 0 N–H and O–H groups in total. The Kier molecular flexibility index (Phi) is 5.64. The maximum absolute atomic E-state index is 5.80. The van der Waals surface area contributed by atoms with Crippen LogP contribution < -0.4 is 9.47 Å². The summed E-state index contributed by atoms with van der Waals surface area (Å²) in [5.74, 6) is 2.31. The van der Waals surface area contributed by atoms with Crippen molar-refractivity contribution in [2.75, 3.05) is 13.2 Å². The van der Waals surface area contributed by atoms with Crippen molar-refractivity contribution in [3.8, 4) is 11.5 Å². The summed E-state index contributed by atoms with van der Waals surface area (Å²) >= 11 is 7.53. The standard InChI is InChI=1S/C17H24Br2O2/c1-11(17(2,3)4)8-13(18)12-9-15-16(10-14(12)19)21-7-5-6-20-15/h9-11,13H,5-8H2,1-4H3. The lowest BCUT2D eigenvalue weighted by atomic mass is 9.79. The van der Waals surface area contributed by atoms with E-state index in [4.69, 9.17) is 9.47 Å². The van der Waals surface area contributed by atoms with Gasteiger partial charge >= 0.3 is 0 Å².